The van der Waals surface area contributed by atoms with Gasteiger partial charge in [0.05, 0.1) is 17.0 Å². The molecule has 0 aliphatic carbocycles. The van der Waals surface area contributed by atoms with E-state index < -0.39 is 5.97 Å². The Kier molecular flexibility index (Phi) is 7.30. The highest BCUT2D eigenvalue weighted by Crippen LogP contribution is 2.35. The molecule has 0 radical (unpaired) electrons. The van der Waals surface area contributed by atoms with Crippen molar-refractivity contribution in [3.8, 4) is 22.8 Å². The molecule has 10 nitrogen and oxygen atoms in total. The molecular weight excluding hydrogens is 484 g/mol. The van der Waals surface area contributed by atoms with Crippen LogP contribution in [0.1, 0.15) is 31.7 Å². The molecule has 1 atom stereocenters. The predicted octanol–water partition coefficient (Wildman–Crippen LogP) is 4.45. The monoisotopic (exact) mass is 512 g/mol. The standard InChI is InChI=1S/C28H28N6O4/c29-26-24-25(19-10-12-23(13-11-19)38-22-8-2-1-3-9-22)32-34(27(24)31-18-30-26)21-7-4-14-33(17-21)16-20(28(36)37)6-5-15-35/h1-3,8-13,15-16,18,21H,4-7,14,17H2,(H,36,37)(H2,29,30,31)/b20-16-/t21-/m0/s1. The highest BCUT2D eigenvalue weighted by atomic mass is 16.5. The number of nitrogens with zero attached hydrogens (tertiary/aromatic N) is 5. The van der Waals surface area contributed by atoms with Crippen molar-refractivity contribution in [1.82, 2.24) is 24.6 Å². The van der Waals surface area contributed by atoms with Crippen molar-refractivity contribution in [2.75, 3.05) is 18.8 Å². The van der Waals surface area contributed by atoms with Gasteiger partial charge in [-0.2, -0.15) is 5.10 Å². The summed E-state index contributed by atoms with van der Waals surface area (Å²) < 4.78 is 7.80. The summed E-state index contributed by atoms with van der Waals surface area (Å²) in [4.78, 5) is 33.1. The number of aromatic nitrogens is 4. The average Bonchev–Trinajstić information content (AvgIpc) is 3.33. The van der Waals surface area contributed by atoms with Crippen LogP contribution in [0.2, 0.25) is 0 Å². The van der Waals surface area contributed by atoms with Gasteiger partial charge < -0.3 is 25.3 Å². The van der Waals surface area contributed by atoms with Crippen LogP contribution >= 0.6 is 0 Å². The number of rotatable bonds is 9. The molecule has 4 aromatic rings. The number of para-hydroxylation sites is 1. The van der Waals surface area contributed by atoms with E-state index in [0.29, 0.717) is 34.8 Å². The van der Waals surface area contributed by atoms with Crippen molar-refractivity contribution in [2.45, 2.75) is 31.7 Å². The molecule has 10 heteroatoms. The van der Waals surface area contributed by atoms with E-state index in [0.717, 1.165) is 37.0 Å². The smallest absolute Gasteiger partial charge is 0.333 e. The molecule has 1 aliphatic rings. The lowest BCUT2D eigenvalue weighted by molar-refractivity contribution is -0.132. The molecule has 0 amide bonds. The Bertz CT molecular complexity index is 1470. The molecule has 1 saturated heterocycles. The zero-order valence-corrected chi connectivity index (χ0v) is 20.7. The minimum atomic E-state index is -1.01. The normalized spacial score (nSPS) is 15.9. The van der Waals surface area contributed by atoms with E-state index in [4.69, 9.17) is 15.6 Å². The molecule has 194 valence electrons. The maximum Gasteiger partial charge on any atom is 0.333 e. The summed E-state index contributed by atoms with van der Waals surface area (Å²) in [6.45, 7) is 1.28. The second-order valence-electron chi connectivity index (χ2n) is 9.15. The highest BCUT2D eigenvalue weighted by molar-refractivity contribution is 5.98. The number of carboxylic acid groups (broad SMARTS) is 1. The quantitative estimate of drug-likeness (QED) is 0.246. The molecule has 3 N–H and O–H groups in total. The number of carbonyl (C=O) groups is 2. The van der Waals surface area contributed by atoms with Crippen LogP contribution in [0.25, 0.3) is 22.3 Å². The number of nitrogen functional groups attached to an aromatic ring is 1. The molecule has 2 aromatic heterocycles. The van der Waals surface area contributed by atoms with Crippen molar-refractivity contribution < 1.29 is 19.4 Å². The van der Waals surface area contributed by atoms with Gasteiger partial charge in [0.25, 0.3) is 0 Å². The third-order valence-corrected chi connectivity index (χ3v) is 6.54. The summed E-state index contributed by atoms with van der Waals surface area (Å²) in [5, 5.41) is 15.2. The lowest BCUT2D eigenvalue weighted by atomic mass is 10.1. The fourth-order valence-corrected chi connectivity index (χ4v) is 4.72. The summed E-state index contributed by atoms with van der Waals surface area (Å²) in [7, 11) is 0. The number of fused-ring (bicyclic) bond motifs is 1. The zero-order chi connectivity index (χ0) is 26.5. The predicted molar refractivity (Wildman–Crippen MR) is 143 cm³/mol. The molecule has 3 heterocycles. The van der Waals surface area contributed by atoms with E-state index in [2.05, 4.69) is 9.97 Å². The van der Waals surface area contributed by atoms with Gasteiger partial charge in [-0.3, -0.25) is 0 Å². The zero-order valence-electron chi connectivity index (χ0n) is 20.7. The van der Waals surface area contributed by atoms with Gasteiger partial charge in [-0.15, -0.1) is 0 Å². The molecule has 0 bridgehead atoms. The second-order valence-corrected chi connectivity index (χ2v) is 9.15. The number of anilines is 1. The van der Waals surface area contributed by atoms with Crippen molar-refractivity contribution in [2.24, 2.45) is 0 Å². The molecule has 5 rings (SSSR count). The van der Waals surface area contributed by atoms with Gasteiger partial charge in [-0.1, -0.05) is 18.2 Å². The number of carboxylic acids is 1. The first-order valence-corrected chi connectivity index (χ1v) is 12.5. The Balaban J connectivity index is 1.45. The van der Waals surface area contributed by atoms with Crippen LogP contribution < -0.4 is 10.5 Å². The molecule has 0 unspecified atom stereocenters. The average molecular weight is 513 g/mol. The number of hydrogen-bond acceptors (Lipinski definition) is 8. The highest BCUT2D eigenvalue weighted by Gasteiger charge is 2.26. The molecule has 0 spiro atoms. The van der Waals surface area contributed by atoms with Gasteiger partial charge in [-0.05, 0) is 55.7 Å². The number of nitrogens with two attached hydrogens (primary N) is 1. The molecule has 0 saturated carbocycles. The number of benzene rings is 2. The number of piperidine rings is 1. The number of aliphatic carboxylic acids is 1. The Morgan fingerprint density at radius 3 is 2.61 bits per heavy atom. The van der Waals surface area contributed by atoms with Crippen LogP contribution in [0, 0.1) is 0 Å². The number of hydrogen-bond donors (Lipinski definition) is 2. The summed E-state index contributed by atoms with van der Waals surface area (Å²) in [6, 6.07) is 17.1. The molecule has 2 aromatic carbocycles. The number of ether oxygens (including phenoxy) is 1. The molecule has 1 aliphatic heterocycles. The first-order chi connectivity index (χ1) is 18.5. The number of aldehydes is 1. The van der Waals surface area contributed by atoms with E-state index in [-0.39, 0.29) is 24.5 Å². The minimum absolute atomic E-state index is 0.0487. The van der Waals surface area contributed by atoms with E-state index in [9.17, 15) is 14.7 Å². The van der Waals surface area contributed by atoms with Crippen LogP contribution in [0.3, 0.4) is 0 Å². The van der Waals surface area contributed by atoms with Gasteiger partial charge in [0.2, 0.25) is 0 Å². The SMILES string of the molecule is Nc1ncnc2c1c(-c1ccc(Oc3ccccc3)cc1)nn2[C@H]1CCCN(/C=C(/CCC=O)C(=O)O)C1. The van der Waals surface area contributed by atoms with Gasteiger partial charge in [0.15, 0.2) is 5.65 Å². The summed E-state index contributed by atoms with van der Waals surface area (Å²) in [5.74, 6) is 0.781. The van der Waals surface area contributed by atoms with Crippen molar-refractivity contribution >= 4 is 29.1 Å². The minimum Gasteiger partial charge on any atom is -0.478 e. The Morgan fingerprint density at radius 1 is 1.11 bits per heavy atom. The Labute approximate surface area is 219 Å². The maximum atomic E-state index is 11.7. The van der Waals surface area contributed by atoms with Gasteiger partial charge in [0, 0.05) is 31.3 Å². The number of likely N-dealkylation sites (tertiary alicyclic amines) is 1. The summed E-state index contributed by atoms with van der Waals surface area (Å²) >= 11 is 0. The first kappa shape index (κ1) is 24.9. The van der Waals surface area contributed by atoms with E-state index in [1.807, 2.05) is 64.2 Å². The van der Waals surface area contributed by atoms with E-state index in [1.54, 1.807) is 6.20 Å². The first-order valence-electron chi connectivity index (χ1n) is 12.5. The van der Waals surface area contributed by atoms with Crippen molar-refractivity contribution in [3.05, 3.63) is 72.7 Å². The third kappa shape index (κ3) is 5.34. The summed E-state index contributed by atoms with van der Waals surface area (Å²) in [5.41, 5.74) is 8.67. The van der Waals surface area contributed by atoms with Crippen LogP contribution in [-0.2, 0) is 9.59 Å². The summed E-state index contributed by atoms with van der Waals surface area (Å²) in [6.07, 6.45) is 5.89. The van der Waals surface area contributed by atoms with E-state index in [1.165, 1.54) is 6.33 Å². The fourth-order valence-electron chi connectivity index (χ4n) is 4.72. The third-order valence-electron chi connectivity index (χ3n) is 6.54. The van der Waals surface area contributed by atoms with Crippen LogP contribution in [0.5, 0.6) is 11.5 Å². The maximum absolute atomic E-state index is 11.7. The molecular formula is C28H28N6O4. The van der Waals surface area contributed by atoms with E-state index >= 15 is 0 Å². The van der Waals surface area contributed by atoms with Crippen molar-refractivity contribution in [3.63, 3.8) is 0 Å². The lowest BCUT2D eigenvalue weighted by Crippen LogP contribution is -2.34. The molecule has 38 heavy (non-hydrogen) atoms. The van der Waals surface area contributed by atoms with Gasteiger partial charge in [-0.25, -0.2) is 19.4 Å². The van der Waals surface area contributed by atoms with Crippen molar-refractivity contribution in [1.29, 1.82) is 0 Å². The second kappa shape index (κ2) is 11.1. The molecule has 1 fully saturated rings. The van der Waals surface area contributed by atoms with Gasteiger partial charge in [0.1, 0.15) is 35.6 Å². The van der Waals surface area contributed by atoms with Crippen LogP contribution in [0.15, 0.2) is 72.7 Å². The topological polar surface area (TPSA) is 136 Å². The Morgan fingerprint density at radius 2 is 1.87 bits per heavy atom. The number of carbonyl (C=O) groups excluding carboxylic acids is 1. The van der Waals surface area contributed by atoms with Crippen LogP contribution in [-0.4, -0.2) is 55.1 Å². The lowest BCUT2D eigenvalue weighted by Gasteiger charge is -2.32. The van der Waals surface area contributed by atoms with Crippen LogP contribution in [0.4, 0.5) is 5.82 Å². The fraction of sp³-hybridized carbons (Fsp3) is 0.250. The van der Waals surface area contributed by atoms with Gasteiger partial charge >= 0.3 is 5.97 Å². The Hall–Kier alpha value is -4.73. The largest absolute Gasteiger partial charge is 0.478 e.